The molecule has 0 saturated carbocycles. The molecule has 0 saturated heterocycles. The third kappa shape index (κ3) is 7.52. The number of hydrogen-bond donors (Lipinski definition) is 2. The molecule has 0 aliphatic heterocycles. The van der Waals surface area contributed by atoms with Crippen molar-refractivity contribution in [2.75, 3.05) is 0 Å². The number of amides is 2. The standard InChI is InChI=1S/C22H28N2O3/c1-3-10-17(2)23-21(25)20(15-18-11-6-4-7-12-18)24-22(26)27-16-19-13-8-5-9-14-19/h4-9,11-14,17,20H,3,10,15-16H2,1-2H3,(H,23,25)(H,24,26)/t17-,20+/m1/s1. The lowest BCUT2D eigenvalue weighted by atomic mass is 10.0. The van der Waals surface area contributed by atoms with Crippen molar-refractivity contribution in [3.05, 3.63) is 71.8 Å². The van der Waals surface area contributed by atoms with Crippen LogP contribution in [0.3, 0.4) is 0 Å². The van der Waals surface area contributed by atoms with E-state index >= 15 is 0 Å². The Balaban J connectivity index is 1.97. The van der Waals surface area contributed by atoms with Crippen molar-refractivity contribution < 1.29 is 14.3 Å². The fourth-order valence-corrected chi connectivity index (χ4v) is 2.81. The Bertz CT molecular complexity index is 704. The highest BCUT2D eigenvalue weighted by Crippen LogP contribution is 2.06. The minimum Gasteiger partial charge on any atom is -0.445 e. The van der Waals surface area contributed by atoms with Crippen LogP contribution in [0.4, 0.5) is 4.79 Å². The Morgan fingerprint density at radius 2 is 1.52 bits per heavy atom. The van der Waals surface area contributed by atoms with Gasteiger partial charge in [0, 0.05) is 12.5 Å². The third-order valence-corrected chi connectivity index (χ3v) is 4.21. The van der Waals surface area contributed by atoms with Crippen LogP contribution in [-0.2, 0) is 22.6 Å². The van der Waals surface area contributed by atoms with Crippen LogP contribution in [0.15, 0.2) is 60.7 Å². The van der Waals surface area contributed by atoms with Gasteiger partial charge in [0.25, 0.3) is 0 Å². The molecule has 5 nitrogen and oxygen atoms in total. The summed E-state index contributed by atoms with van der Waals surface area (Å²) in [6, 6.07) is 18.4. The van der Waals surface area contributed by atoms with Crippen LogP contribution in [0.2, 0.25) is 0 Å². The van der Waals surface area contributed by atoms with Crippen molar-refractivity contribution in [3.8, 4) is 0 Å². The largest absolute Gasteiger partial charge is 0.445 e. The molecule has 0 aliphatic rings. The molecular formula is C22H28N2O3. The van der Waals surface area contributed by atoms with Gasteiger partial charge in [-0.3, -0.25) is 4.79 Å². The molecule has 0 radical (unpaired) electrons. The van der Waals surface area contributed by atoms with E-state index in [1.165, 1.54) is 0 Å². The van der Waals surface area contributed by atoms with Crippen LogP contribution in [0.5, 0.6) is 0 Å². The van der Waals surface area contributed by atoms with Crippen molar-refractivity contribution in [3.63, 3.8) is 0 Å². The molecule has 2 N–H and O–H groups in total. The first-order valence-electron chi connectivity index (χ1n) is 9.40. The Labute approximate surface area is 161 Å². The number of ether oxygens (including phenoxy) is 1. The van der Waals surface area contributed by atoms with Crippen LogP contribution in [0, 0.1) is 0 Å². The molecule has 0 fully saturated rings. The van der Waals surface area contributed by atoms with Crippen LogP contribution < -0.4 is 10.6 Å². The van der Waals surface area contributed by atoms with E-state index in [0.29, 0.717) is 6.42 Å². The molecule has 0 heterocycles. The van der Waals surface area contributed by atoms with Crippen LogP contribution in [-0.4, -0.2) is 24.1 Å². The lowest BCUT2D eigenvalue weighted by Gasteiger charge is -2.21. The Kier molecular flexibility index (Phi) is 8.36. The molecule has 0 spiro atoms. The predicted octanol–water partition coefficient (Wildman–Crippen LogP) is 3.83. The van der Waals surface area contributed by atoms with Gasteiger partial charge in [0.1, 0.15) is 12.6 Å². The van der Waals surface area contributed by atoms with E-state index in [9.17, 15) is 9.59 Å². The number of alkyl carbamates (subject to hydrolysis) is 1. The molecule has 2 amide bonds. The zero-order valence-electron chi connectivity index (χ0n) is 16.0. The lowest BCUT2D eigenvalue weighted by Crippen LogP contribution is -2.50. The van der Waals surface area contributed by atoms with E-state index in [1.54, 1.807) is 0 Å². The fraction of sp³-hybridized carbons (Fsp3) is 0.364. The molecule has 0 aliphatic carbocycles. The Morgan fingerprint density at radius 1 is 0.926 bits per heavy atom. The van der Waals surface area contributed by atoms with E-state index in [4.69, 9.17) is 4.74 Å². The summed E-state index contributed by atoms with van der Waals surface area (Å²) in [5, 5.41) is 5.68. The van der Waals surface area contributed by atoms with Gasteiger partial charge in [-0.25, -0.2) is 4.79 Å². The summed E-state index contributed by atoms with van der Waals surface area (Å²) in [6.45, 7) is 4.20. The smallest absolute Gasteiger partial charge is 0.408 e. The van der Waals surface area contributed by atoms with E-state index < -0.39 is 12.1 Å². The fourth-order valence-electron chi connectivity index (χ4n) is 2.81. The molecule has 0 bridgehead atoms. The first kappa shape index (κ1) is 20.5. The molecule has 0 unspecified atom stereocenters. The summed E-state index contributed by atoms with van der Waals surface area (Å²) in [7, 11) is 0. The van der Waals surface area contributed by atoms with Gasteiger partial charge < -0.3 is 15.4 Å². The van der Waals surface area contributed by atoms with Crippen LogP contribution in [0.1, 0.15) is 37.8 Å². The summed E-state index contributed by atoms with van der Waals surface area (Å²) in [6.07, 6.45) is 1.68. The van der Waals surface area contributed by atoms with E-state index in [1.807, 2.05) is 67.6 Å². The molecule has 0 aromatic heterocycles. The highest BCUT2D eigenvalue weighted by molar-refractivity contribution is 5.86. The first-order chi connectivity index (χ1) is 13.1. The average molecular weight is 368 g/mol. The van der Waals surface area contributed by atoms with Gasteiger partial charge in [0.2, 0.25) is 5.91 Å². The van der Waals surface area contributed by atoms with Crippen molar-refractivity contribution in [1.29, 1.82) is 0 Å². The molecule has 27 heavy (non-hydrogen) atoms. The van der Waals surface area contributed by atoms with Crippen LogP contribution in [0.25, 0.3) is 0 Å². The second-order valence-electron chi connectivity index (χ2n) is 6.65. The minimum absolute atomic E-state index is 0.0583. The Morgan fingerprint density at radius 3 is 2.11 bits per heavy atom. The SMILES string of the molecule is CCC[C@@H](C)NC(=O)[C@H](Cc1ccccc1)NC(=O)OCc1ccccc1. The van der Waals surface area contributed by atoms with Gasteiger partial charge in [0.15, 0.2) is 0 Å². The summed E-state index contributed by atoms with van der Waals surface area (Å²) < 4.78 is 5.27. The van der Waals surface area contributed by atoms with E-state index in [2.05, 4.69) is 17.6 Å². The minimum atomic E-state index is -0.685. The number of hydrogen-bond acceptors (Lipinski definition) is 3. The summed E-state index contributed by atoms with van der Waals surface area (Å²) in [5.74, 6) is -0.198. The molecule has 5 heteroatoms. The zero-order valence-corrected chi connectivity index (χ0v) is 16.0. The summed E-state index contributed by atoms with van der Waals surface area (Å²) >= 11 is 0. The maximum absolute atomic E-state index is 12.7. The summed E-state index contributed by atoms with van der Waals surface area (Å²) in [5.41, 5.74) is 1.87. The number of carbonyl (C=O) groups excluding carboxylic acids is 2. The van der Waals surface area contributed by atoms with Gasteiger partial charge >= 0.3 is 6.09 Å². The maximum Gasteiger partial charge on any atom is 0.408 e. The Hall–Kier alpha value is -2.82. The summed E-state index contributed by atoms with van der Waals surface area (Å²) in [4.78, 5) is 24.9. The number of benzene rings is 2. The van der Waals surface area contributed by atoms with E-state index in [-0.39, 0.29) is 18.6 Å². The van der Waals surface area contributed by atoms with Crippen molar-refractivity contribution >= 4 is 12.0 Å². The van der Waals surface area contributed by atoms with E-state index in [0.717, 1.165) is 24.0 Å². The second kappa shape index (κ2) is 11.0. The second-order valence-corrected chi connectivity index (χ2v) is 6.65. The number of rotatable bonds is 9. The quantitative estimate of drug-likeness (QED) is 0.707. The van der Waals surface area contributed by atoms with Gasteiger partial charge in [-0.2, -0.15) is 0 Å². The lowest BCUT2D eigenvalue weighted by molar-refractivity contribution is -0.123. The zero-order chi connectivity index (χ0) is 19.5. The molecule has 144 valence electrons. The monoisotopic (exact) mass is 368 g/mol. The van der Waals surface area contributed by atoms with Crippen LogP contribution >= 0.6 is 0 Å². The van der Waals surface area contributed by atoms with Crippen molar-refractivity contribution in [1.82, 2.24) is 10.6 Å². The predicted molar refractivity (Wildman–Crippen MR) is 106 cm³/mol. The maximum atomic E-state index is 12.7. The molecule has 2 rings (SSSR count). The van der Waals surface area contributed by atoms with Gasteiger partial charge in [-0.05, 0) is 24.5 Å². The molecule has 2 aromatic carbocycles. The first-order valence-corrected chi connectivity index (χ1v) is 9.40. The van der Waals surface area contributed by atoms with Gasteiger partial charge in [0.05, 0.1) is 0 Å². The average Bonchev–Trinajstić information content (AvgIpc) is 2.67. The third-order valence-electron chi connectivity index (χ3n) is 4.21. The highest BCUT2D eigenvalue weighted by Gasteiger charge is 2.23. The topological polar surface area (TPSA) is 67.4 Å². The van der Waals surface area contributed by atoms with Gasteiger partial charge in [-0.1, -0.05) is 74.0 Å². The van der Waals surface area contributed by atoms with Crippen molar-refractivity contribution in [2.45, 2.75) is 51.8 Å². The number of carbonyl (C=O) groups is 2. The molecular weight excluding hydrogens is 340 g/mol. The van der Waals surface area contributed by atoms with Crippen molar-refractivity contribution in [2.24, 2.45) is 0 Å². The highest BCUT2D eigenvalue weighted by atomic mass is 16.5. The molecule has 2 aromatic rings. The number of nitrogens with one attached hydrogen (secondary N) is 2. The van der Waals surface area contributed by atoms with Gasteiger partial charge in [-0.15, -0.1) is 0 Å². The normalized spacial score (nSPS) is 12.7. The molecule has 2 atom stereocenters.